The molecule has 2 aromatic carbocycles. The van der Waals surface area contributed by atoms with Gasteiger partial charge in [0.05, 0.1) is 19.3 Å². The number of ether oxygens (including phenoxy) is 2. The van der Waals surface area contributed by atoms with Crippen LogP contribution in [0.3, 0.4) is 0 Å². The Hall–Kier alpha value is -5.14. The van der Waals surface area contributed by atoms with E-state index in [0.717, 1.165) is 5.56 Å². The summed E-state index contributed by atoms with van der Waals surface area (Å²) in [5.41, 5.74) is 1.36. The minimum Gasteiger partial charge on any atom is -0.497 e. The lowest BCUT2D eigenvalue weighted by atomic mass is 10.0. The Labute approximate surface area is 286 Å². The molecule has 0 aromatic heterocycles. The number of benzene rings is 2. The molecule has 5 N–H and O–H groups in total. The van der Waals surface area contributed by atoms with Crippen LogP contribution in [0.1, 0.15) is 57.0 Å². The fraction of sp³-hybridized carbons (Fsp3) is 0.486. The van der Waals surface area contributed by atoms with E-state index in [-0.39, 0.29) is 49.3 Å². The number of amides is 6. The van der Waals surface area contributed by atoms with Crippen molar-refractivity contribution in [3.63, 3.8) is 0 Å². The maximum Gasteiger partial charge on any atom is 0.262 e. The second-order valence-electron chi connectivity index (χ2n) is 13.2. The number of anilines is 1. The molecule has 0 aliphatic carbocycles. The first-order chi connectivity index (χ1) is 23.2. The predicted molar refractivity (Wildman–Crippen MR) is 181 cm³/mol. The normalized spacial score (nSPS) is 22.4. The minimum atomic E-state index is -1.07. The van der Waals surface area contributed by atoms with E-state index < -0.39 is 60.2 Å². The molecule has 0 unspecified atom stereocenters. The third-order valence-electron chi connectivity index (χ3n) is 8.38. The molecule has 0 bridgehead atoms. The topological polar surface area (TPSA) is 184 Å². The molecular weight excluding hydrogens is 632 g/mol. The van der Waals surface area contributed by atoms with Gasteiger partial charge in [0, 0.05) is 24.6 Å². The minimum absolute atomic E-state index is 0.00659. The zero-order chi connectivity index (χ0) is 35.8. The molecule has 0 radical (unpaired) electrons. The maximum atomic E-state index is 14.0. The molecule has 2 heterocycles. The molecule has 264 valence electrons. The van der Waals surface area contributed by atoms with Crippen molar-refractivity contribution < 1.29 is 38.2 Å². The van der Waals surface area contributed by atoms with Gasteiger partial charge in [-0.25, -0.2) is 0 Å². The Balaban J connectivity index is 1.67. The number of rotatable bonds is 7. The Morgan fingerprint density at radius 2 is 1.57 bits per heavy atom. The van der Waals surface area contributed by atoms with Crippen LogP contribution in [0.4, 0.5) is 5.69 Å². The van der Waals surface area contributed by atoms with Crippen molar-refractivity contribution >= 4 is 41.1 Å². The van der Waals surface area contributed by atoms with Gasteiger partial charge in [-0.05, 0) is 61.1 Å². The van der Waals surface area contributed by atoms with Crippen molar-refractivity contribution in [3.8, 4) is 11.5 Å². The van der Waals surface area contributed by atoms with E-state index >= 15 is 0 Å². The second-order valence-corrected chi connectivity index (χ2v) is 13.2. The number of hydrogen-bond donors (Lipinski definition) is 5. The van der Waals surface area contributed by atoms with Crippen molar-refractivity contribution in [2.24, 2.45) is 11.8 Å². The number of hydrogen-bond acceptors (Lipinski definition) is 8. The predicted octanol–water partition coefficient (Wildman–Crippen LogP) is 1.39. The van der Waals surface area contributed by atoms with E-state index in [2.05, 4.69) is 26.6 Å². The Kier molecular flexibility index (Phi) is 12.2. The number of carbonyl (C=O) groups excluding carboxylic acids is 6. The van der Waals surface area contributed by atoms with E-state index in [1.54, 1.807) is 37.4 Å². The lowest BCUT2D eigenvalue weighted by Gasteiger charge is -2.31. The standard InChI is InChI=1S/C35H46N6O8/c1-19(2)13-26-34(46)39-27(14-22-7-10-24(48-6)11-8-22)33(45)36-21(5)32(44)40-28(20(3)4)16-41(17-30(42)38-26)35(47)23-9-12-25-29(15-23)49-18-31(43)37-25/h7-12,15,19-21,26-28H,13-14,16-18H2,1-6H3,(H,36,45)(H,37,43)(H,38,42)(H,39,46)(H,40,44)/t21-,26+,27+,28-/m1/s1. The van der Waals surface area contributed by atoms with Gasteiger partial charge in [-0.2, -0.15) is 0 Å². The lowest BCUT2D eigenvalue weighted by molar-refractivity contribution is -0.133. The molecule has 6 amide bonds. The monoisotopic (exact) mass is 678 g/mol. The van der Waals surface area contributed by atoms with E-state index in [1.807, 2.05) is 27.7 Å². The van der Waals surface area contributed by atoms with Gasteiger partial charge in [0.2, 0.25) is 23.6 Å². The van der Waals surface area contributed by atoms with Gasteiger partial charge in [0.15, 0.2) is 6.61 Å². The summed E-state index contributed by atoms with van der Waals surface area (Å²) in [6.45, 7) is 8.41. The third kappa shape index (κ3) is 9.94. The van der Waals surface area contributed by atoms with Crippen LogP contribution in [-0.2, 0) is 30.4 Å². The Bertz CT molecular complexity index is 1560. The highest BCUT2D eigenvalue weighted by molar-refractivity contribution is 6.00. The number of carbonyl (C=O) groups is 6. The summed E-state index contributed by atoms with van der Waals surface area (Å²) >= 11 is 0. The fourth-order valence-electron chi connectivity index (χ4n) is 5.55. The summed E-state index contributed by atoms with van der Waals surface area (Å²) in [6, 6.07) is 7.92. The van der Waals surface area contributed by atoms with Gasteiger partial charge in [-0.1, -0.05) is 39.8 Å². The number of nitrogens with zero attached hydrogens (tertiary/aromatic N) is 1. The first-order valence-electron chi connectivity index (χ1n) is 16.4. The van der Waals surface area contributed by atoms with Crippen LogP contribution in [0.25, 0.3) is 0 Å². The van der Waals surface area contributed by atoms with Crippen LogP contribution >= 0.6 is 0 Å². The van der Waals surface area contributed by atoms with Gasteiger partial charge in [0.1, 0.15) is 29.6 Å². The fourth-order valence-corrected chi connectivity index (χ4v) is 5.55. The average molecular weight is 679 g/mol. The van der Waals surface area contributed by atoms with E-state index in [4.69, 9.17) is 9.47 Å². The van der Waals surface area contributed by atoms with Crippen LogP contribution in [0.2, 0.25) is 0 Å². The maximum absolute atomic E-state index is 14.0. The van der Waals surface area contributed by atoms with E-state index in [9.17, 15) is 28.8 Å². The van der Waals surface area contributed by atoms with Crippen molar-refractivity contribution in [2.75, 3.05) is 32.1 Å². The smallest absolute Gasteiger partial charge is 0.262 e. The molecule has 2 aliphatic heterocycles. The van der Waals surface area contributed by atoms with Crippen LogP contribution in [-0.4, -0.2) is 91.3 Å². The zero-order valence-corrected chi connectivity index (χ0v) is 28.8. The zero-order valence-electron chi connectivity index (χ0n) is 28.8. The molecule has 14 heteroatoms. The molecule has 4 atom stereocenters. The van der Waals surface area contributed by atoms with Gasteiger partial charge in [0.25, 0.3) is 11.8 Å². The summed E-state index contributed by atoms with van der Waals surface area (Å²) in [6.07, 6.45) is 0.380. The molecule has 14 nitrogen and oxygen atoms in total. The van der Waals surface area contributed by atoms with Crippen molar-refractivity contribution in [3.05, 3.63) is 53.6 Å². The van der Waals surface area contributed by atoms with Gasteiger partial charge >= 0.3 is 0 Å². The van der Waals surface area contributed by atoms with Gasteiger partial charge < -0.3 is 41.0 Å². The molecule has 1 saturated heterocycles. The highest BCUT2D eigenvalue weighted by Gasteiger charge is 2.33. The third-order valence-corrected chi connectivity index (χ3v) is 8.38. The van der Waals surface area contributed by atoms with Crippen molar-refractivity contribution in [2.45, 2.75) is 71.6 Å². The van der Waals surface area contributed by atoms with Crippen LogP contribution in [0.15, 0.2) is 42.5 Å². The summed E-state index contributed by atoms with van der Waals surface area (Å²) in [5, 5.41) is 13.9. The molecular formula is C35H46N6O8. The average Bonchev–Trinajstić information content (AvgIpc) is 3.05. The van der Waals surface area contributed by atoms with Gasteiger partial charge in [-0.15, -0.1) is 0 Å². The summed E-state index contributed by atoms with van der Waals surface area (Å²) in [7, 11) is 1.54. The van der Waals surface area contributed by atoms with Crippen molar-refractivity contribution in [1.29, 1.82) is 0 Å². The molecule has 1 fully saturated rings. The van der Waals surface area contributed by atoms with Crippen molar-refractivity contribution in [1.82, 2.24) is 26.2 Å². The van der Waals surface area contributed by atoms with E-state index in [1.165, 1.54) is 24.0 Å². The summed E-state index contributed by atoms with van der Waals surface area (Å²) in [5.74, 6) is -2.32. The number of fused-ring (bicyclic) bond motifs is 1. The first-order valence-corrected chi connectivity index (χ1v) is 16.4. The Morgan fingerprint density at radius 1 is 0.878 bits per heavy atom. The molecule has 2 aromatic rings. The second kappa shape index (κ2) is 16.3. The van der Waals surface area contributed by atoms with Gasteiger partial charge in [-0.3, -0.25) is 28.8 Å². The lowest BCUT2D eigenvalue weighted by Crippen LogP contribution is -2.57. The summed E-state index contributed by atoms with van der Waals surface area (Å²) in [4.78, 5) is 81.4. The molecule has 4 rings (SSSR count). The molecule has 0 spiro atoms. The highest BCUT2D eigenvalue weighted by Crippen LogP contribution is 2.29. The van der Waals surface area contributed by atoms with E-state index in [0.29, 0.717) is 17.2 Å². The van der Waals surface area contributed by atoms with Crippen LogP contribution in [0.5, 0.6) is 11.5 Å². The Morgan fingerprint density at radius 3 is 2.22 bits per heavy atom. The number of nitrogens with one attached hydrogen (secondary N) is 5. The molecule has 49 heavy (non-hydrogen) atoms. The number of methoxy groups -OCH3 is 1. The molecule has 0 saturated carbocycles. The SMILES string of the molecule is COc1ccc(C[C@@H]2NC(=O)[C@H](CC(C)C)NC(=O)CN(C(=O)c3ccc4c(c3)OCC(=O)N4)C[C@H](C(C)C)NC(=O)[C@@H](C)NC2=O)cc1. The quantitative estimate of drug-likeness (QED) is 0.291. The largest absolute Gasteiger partial charge is 0.497 e. The van der Waals surface area contributed by atoms with Crippen LogP contribution in [0, 0.1) is 11.8 Å². The highest BCUT2D eigenvalue weighted by atomic mass is 16.5. The first kappa shape index (κ1) is 36.7. The summed E-state index contributed by atoms with van der Waals surface area (Å²) < 4.78 is 10.7. The molecule has 2 aliphatic rings. The van der Waals surface area contributed by atoms with Crippen LogP contribution < -0.4 is 36.1 Å².